The molecule has 1 saturated heterocycles. The molecule has 0 aromatic carbocycles. The topological polar surface area (TPSA) is 102 Å². The van der Waals surface area contributed by atoms with E-state index in [2.05, 4.69) is 10.6 Å². The van der Waals surface area contributed by atoms with Crippen molar-refractivity contribution in [2.75, 3.05) is 26.2 Å². The van der Waals surface area contributed by atoms with Crippen LogP contribution in [0.4, 0.5) is 4.79 Å². The summed E-state index contributed by atoms with van der Waals surface area (Å²) in [5, 5.41) is 15.1. The Bertz CT molecular complexity index is 554. The maximum absolute atomic E-state index is 12.5. The van der Waals surface area contributed by atoms with Crippen molar-refractivity contribution >= 4 is 17.9 Å². The Morgan fingerprint density at radius 1 is 1.15 bits per heavy atom. The number of aliphatic carboxylic acids is 1. The van der Waals surface area contributed by atoms with Gasteiger partial charge in [-0.25, -0.2) is 4.79 Å². The molecule has 154 valence electrons. The molecule has 0 radical (unpaired) electrons. The Kier molecular flexibility index (Phi) is 7.08. The Morgan fingerprint density at radius 3 is 2.37 bits per heavy atom. The molecule has 8 heteroatoms. The summed E-state index contributed by atoms with van der Waals surface area (Å²) in [5.74, 6) is -0.810. The average molecular weight is 383 g/mol. The van der Waals surface area contributed by atoms with Gasteiger partial charge in [0.15, 0.2) is 0 Å². The van der Waals surface area contributed by atoms with Gasteiger partial charge in [-0.1, -0.05) is 27.7 Å². The first-order valence-electron chi connectivity index (χ1n) is 9.92. The average Bonchev–Trinajstić information content (AvgIpc) is 2.55. The first kappa shape index (κ1) is 21.5. The number of likely N-dealkylation sites (tertiary alicyclic amines) is 1. The molecule has 0 spiro atoms. The zero-order chi connectivity index (χ0) is 20.2. The van der Waals surface area contributed by atoms with Crippen LogP contribution in [0.2, 0.25) is 0 Å². The minimum absolute atomic E-state index is 0.00323. The van der Waals surface area contributed by atoms with Crippen molar-refractivity contribution < 1.29 is 19.5 Å². The summed E-state index contributed by atoms with van der Waals surface area (Å²) >= 11 is 0. The third-order valence-electron chi connectivity index (χ3n) is 5.43. The molecule has 3 N–H and O–H groups in total. The number of carbonyl (C=O) groups is 3. The van der Waals surface area contributed by atoms with Crippen molar-refractivity contribution in [1.82, 2.24) is 20.4 Å². The fourth-order valence-electron chi connectivity index (χ4n) is 3.62. The summed E-state index contributed by atoms with van der Waals surface area (Å²) in [6.07, 6.45) is 3.32. The van der Waals surface area contributed by atoms with Crippen molar-refractivity contribution in [3.05, 3.63) is 0 Å². The first-order chi connectivity index (χ1) is 12.6. The zero-order valence-electron chi connectivity index (χ0n) is 17.0. The summed E-state index contributed by atoms with van der Waals surface area (Å²) in [7, 11) is 0. The smallest absolute Gasteiger partial charge is 0.317 e. The van der Waals surface area contributed by atoms with E-state index in [0.29, 0.717) is 19.6 Å². The van der Waals surface area contributed by atoms with Crippen molar-refractivity contribution in [1.29, 1.82) is 0 Å². The Hall–Kier alpha value is -1.83. The third kappa shape index (κ3) is 6.09. The number of amides is 3. The van der Waals surface area contributed by atoms with E-state index >= 15 is 0 Å². The van der Waals surface area contributed by atoms with E-state index in [4.69, 9.17) is 5.11 Å². The Labute approximate surface area is 161 Å². The molecule has 3 amide bonds. The lowest BCUT2D eigenvalue weighted by Crippen LogP contribution is -2.59. The minimum Gasteiger partial charge on any atom is -0.480 e. The summed E-state index contributed by atoms with van der Waals surface area (Å²) < 4.78 is 0. The van der Waals surface area contributed by atoms with E-state index in [1.165, 1.54) is 0 Å². The molecule has 1 atom stereocenters. The molecule has 8 nitrogen and oxygen atoms in total. The number of likely N-dealkylation sites (N-methyl/N-ethyl adjacent to an activating group) is 1. The van der Waals surface area contributed by atoms with Crippen molar-refractivity contribution in [3.8, 4) is 0 Å². The predicted octanol–water partition coefficient (Wildman–Crippen LogP) is 1.26. The molecule has 1 aliphatic carbocycles. The van der Waals surface area contributed by atoms with E-state index in [-0.39, 0.29) is 36.6 Å². The lowest BCUT2D eigenvalue weighted by molar-refractivity contribution is -0.139. The standard InChI is InChI=1S/C19H34N4O4/c1-5-22(12-16(24)25)15-9-14(10-15)21-18(27)23-8-6-7-13(11-23)20-17(26)19(2,3)4/h13-15H,5-12H2,1-4H3,(H,20,26)(H,21,27)(H,24,25). The van der Waals surface area contributed by atoms with Gasteiger partial charge in [-0.15, -0.1) is 0 Å². The largest absolute Gasteiger partial charge is 0.480 e. The highest BCUT2D eigenvalue weighted by Crippen LogP contribution is 2.26. The quantitative estimate of drug-likeness (QED) is 0.642. The number of nitrogens with zero attached hydrogens (tertiary/aromatic N) is 2. The van der Waals surface area contributed by atoms with Crippen molar-refractivity contribution in [3.63, 3.8) is 0 Å². The van der Waals surface area contributed by atoms with Gasteiger partial charge < -0.3 is 20.6 Å². The van der Waals surface area contributed by atoms with Crippen LogP contribution in [0.3, 0.4) is 0 Å². The molecule has 2 fully saturated rings. The van der Waals surface area contributed by atoms with E-state index in [0.717, 1.165) is 25.7 Å². The van der Waals surface area contributed by atoms with Gasteiger partial charge in [0.1, 0.15) is 0 Å². The number of carboxylic acid groups (broad SMARTS) is 1. The summed E-state index contributed by atoms with van der Waals surface area (Å²) in [5.41, 5.74) is -0.438. The first-order valence-corrected chi connectivity index (χ1v) is 9.92. The molecule has 2 aliphatic rings. The molecule has 2 rings (SSSR count). The van der Waals surface area contributed by atoms with Crippen LogP contribution in [0, 0.1) is 5.41 Å². The van der Waals surface area contributed by atoms with Gasteiger partial charge in [0.25, 0.3) is 0 Å². The van der Waals surface area contributed by atoms with Crippen LogP contribution in [0.1, 0.15) is 53.4 Å². The van der Waals surface area contributed by atoms with Crippen LogP contribution < -0.4 is 10.6 Å². The number of carbonyl (C=O) groups excluding carboxylic acids is 2. The molecular weight excluding hydrogens is 348 g/mol. The number of hydrogen-bond acceptors (Lipinski definition) is 4. The Balaban J connectivity index is 1.76. The second-order valence-electron chi connectivity index (χ2n) is 8.74. The SMILES string of the molecule is CCN(CC(=O)O)C1CC(NC(=O)N2CCCC(NC(=O)C(C)(C)C)C2)C1. The van der Waals surface area contributed by atoms with Gasteiger partial charge in [-0.05, 0) is 32.2 Å². The lowest BCUT2D eigenvalue weighted by atomic mass is 9.85. The number of piperidine rings is 1. The zero-order valence-corrected chi connectivity index (χ0v) is 17.0. The van der Waals surface area contributed by atoms with Crippen molar-refractivity contribution in [2.24, 2.45) is 5.41 Å². The third-order valence-corrected chi connectivity index (χ3v) is 5.43. The van der Waals surface area contributed by atoms with Crippen LogP contribution in [0.25, 0.3) is 0 Å². The monoisotopic (exact) mass is 382 g/mol. The lowest BCUT2D eigenvalue weighted by Gasteiger charge is -2.43. The molecule has 1 saturated carbocycles. The molecular formula is C19H34N4O4. The molecule has 1 heterocycles. The fourth-order valence-corrected chi connectivity index (χ4v) is 3.62. The molecule has 0 aromatic rings. The highest BCUT2D eigenvalue weighted by Gasteiger charge is 2.36. The predicted molar refractivity (Wildman–Crippen MR) is 102 cm³/mol. The maximum atomic E-state index is 12.5. The number of hydrogen-bond donors (Lipinski definition) is 3. The van der Waals surface area contributed by atoms with Crippen LogP contribution >= 0.6 is 0 Å². The summed E-state index contributed by atoms with van der Waals surface area (Å²) in [6, 6.07) is 0.220. The molecule has 1 aliphatic heterocycles. The van der Waals surface area contributed by atoms with Gasteiger partial charge in [0.05, 0.1) is 6.54 Å². The highest BCUT2D eigenvalue weighted by atomic mass is 16.4. The van der Waals surface area contributed by atoms with Crippen LogP contribution in [0.5, 0.6) is 0 Å². The molecule has 27 heavy (non-hydrogen) atoms. The number of nitrogens with one attached hydrogen (secondary N) is 2. The van der Waals surface area contributed by atoms with E-state index in [1.807, 2.05) is 32.6 Å². The van der Waals surface area contributed by atoms with Crippen molar-refractivity contribution in [2.45, 2.75) is 71.5 Å². The van der Waals surface area contributed by atoms with Crippen LogP contribution in [-0.2, 0) is 9.59 Å². The fraction of sp³-hybridized carbons (Fsp3) is 0.842. The van der Waals surface area contributed by atoms with Crippen LogP contribution in [0.15, 0.2) is 0 Å². The van der Waals surface area contributed by atoms with Gasteiger partial charge in [0.2, 0.25) is 5.91 Å². The highest BCUT2D eigenvalue weighted by molar-refractivity contribution is 5.81. The van der Waals surface area contributed by atoms with E-state index in [1.54, 1.807) is 4.90 Å². The van der Waals surface area contributed by atoms with Gasteiger partial charge in [-0.2, -0.15) is 0 Å². The molecule has 1 unspecified atom stereocenters. The van der Waals surface area contributed by atoms with Gasteiger partial charge in [0, 0.05) is 36.6 Å². The molecule has 0 bridgehead atoms. The summed E-state index contributed by atoms with van der Waals surface area (Å²) in [6.45, 7) is 9.57. The Morgan fingerprint density at radius 2 is 1.81 bits per heavy atom. The van der Waals surface area contributed by atoms with Gasteiger partial charge >= 0.3 is 12.0 Å². The normalized spacial score (nSPS) is 25.7. The molecule has 0 aromatic heterocycles. The van der Waals surface area contributed by atoms with Gasteiger partial charge in [-0.3, -0.25) is 14.5 Å². The number of carboxylic acids is 1. The van der Waals surface area contributed by atoms with Crippen LogP contribution in [-0.4, -0.2) is 77.1 Å². The second kappa shape index (κ2) is 8.91. The second-order valence-corrected chi connectivity index (χ2v) is 8.74. The summed E-state index contributed by atoms with van der Waals surface area (Å²) in [4.78, 5) is 39.3. The van der Waals surface area contributed by atoms with E-state index in [9.17, 15) is 14.4 Å². The van der Waals surface area contributed by atoms with E-state index < -0.39 is 11.4 Å². The minimum atomic E-state index is -0.819. The number of rotatable bonds is 6. The number of urea groups is 1. The maximum Gasteiger partial charge on any atom is 0.317 e.